The lowest BCUT2D eigenvalue weighted by atomic mass is 10.3. The number of halogens is 1. The number of carbonyl (C=O) groups is 1. The minimum Gasteiger partial charge on any atom is -0.469 e. The molecule has 1 N–H and O–H groups in total. The zero-order valence-electron chi connectivity index (χ0n) is 11.2. The van der Waals surface area contributed by atoms with Gasteiger partial charge in [0, 0.05) is 27.2 Å². The third-order valence-electron chi connectivity index (χ3n) is 2.26. The van der Waals surface area contributed by atoms with E-state index >= 15 is 0 Å². The predicted octanol–water partition coefficient (Wildman–Crippen LogP) is 1.47. The van der Waals surface area contributed by atoms with Crippen molar-refractivity contribution in [1.29, 1.82) is 0 Å². The van der Waals surface area contributed by atoms with Crippen LogP contribution in [0.4, 0.5) is 0 Å². The summed E-state index contributed by atoms with van der Waals surface area (Å²) in [5, 5.41) is 3.12. The van der Waals surface area contributed by atoms with Crippen molar-refractivity contribution in [2.45, 2.75) is 26.2 Å². The van der Waals surface area contributed by atoms with Gasteiger partial charge in [0.05, 0.1) is 13.5 Å². The van der Waals surface area contributed by atoms with E-state index in [0.717, 1.165) is 25.3 Å². The monoisotopic (exact) mass is 357 g/mol. The average Bonchev–Trinajstić information content (AvgIpc) is 2.31. The van der Waals surface area contributed by atoms with Crippen molar-refractivity contribution in [3.63, 3.8) is 0 Å². The normalized spacial score (nSPS) is 10.5. The number of rotatable bonds is 6. The molecule has 102 valence electrons. The molecule has 6 heteroatoms. The summed E-state index contributed by atoms with van der Waals surface area (Å²) < 4.78 is 4.56. The molecule has 0 rings (SSSR count). The van der Waals surface area contributed by atoms with Gasteiger partial charge in [0.2, 0.25) is 0 Å². The highest BCUT2D eigenvalue weighted by Gasteiger charge is 2.05. The molecule has 0 atom stereocenters. The Bertz CT molecular complexity index is 235. The van der Waals surface area contributed by atoms with Crippen LogP contribution in [0.1, 0.15) is 26.2 Å². The molecule has 0 aromatic rings. The van der Waals surface area contributed by atoms with E-state index in [-0.39, 0.29) is 29.9 Å². The molecule has 5 nitrogen and oxygen atoms in total. The maximum atomic E-state index is 10.9. The highest BCUT2D eigenvalue weighted by Crippen LogP contribution is 1.93. The molecule has 0 amide bonds. The van der Waals surface area contributed by atoms with Crippen LogP contribution >= 0.6 is 24.0 Å². The van der Waals surface area contributed by atoms with Crippen LogP contribution in [0.3, 0.4) is 0 Å². The first-order valence-electron chi connectivity index (χ1n) is 5.64. The zero-order chi connectivity index (χ0) is 12.4. The molecular weight excluding hydrogens is 333 g/mol. The molecule has 0 radical (unpaired) electrons. The fourth-order valence-corrected chi connectivity index (χ4v) is 1.26. The van der Waals surface area contributed by atoms with E-state index in [2.05, 4.69) is 26.9 Å². The van der Waals surface area contributed by atoms with Gasteiger partial charge in [-0.2, -0.15) is 0 Å². The molecule has 0 fully saturated rings. The largest absolute Gasteiger partial charge is 0.469 e. The molecule has 0 saturated carbocycles. The maximum Gasteiger partial charge on any atom is 0.307 e. The number of guanidine groups is 1. The number of hydrogen-bond acceptors (Lipinski definition) is 3. The van der Waals surface area contributed by atoms with E-state index in [1.807, 2.05) is 7.05 Å². The van der Waals surface area contributed by atoms with Gasteiger partial charge in [0.1, 0.15) is 0 Å². The summed E-state index contributed by atoms with van der Waals surface area (Å²) in [6, 6.07) is 0. The number of esters is 1. The average molecular weight is 357 g/mol. The molecule has 0 saturated heterocycles. The molecule has 0 unspecified atom stereocenters. The highest BCUT2D eigenvalue weighted by atomic mass is 127. The number of methoxy groups -OCH3 is 1. The SMILES string of the molecule is CCCCN(C)C(=NC)NCCC(=O)OC.I. The first-order chi connectivity index (χ1) is 7.65. The van der Waals surface area contributed by atoms with Crippen molar-refractivity contribution in [2.24, 2.45) is 4.99 Å². The minimum atomic E-state index is -0.209. The van der Waals surface area contributed by atoms with Gasteiger partial charge in [0.15, 0.2) is 5.96 Å². The molecule has 0 spiro atoms. The van der Waals surface area contributed by atoms with Crippen LogP contribution in [0, 0.1) is 0 Å². The second-order valence-electron chi connectivity index (χ2n) is 3.58. The zero-order valence-corrected chi connectivity index (χ0v) is 13.5. The molecule has 0 aromatic carbocycles. The van der Waals surface area contributed by atoms with Gasteiger partial charge in [-0.15, -0.1) is 24.0 Å². The Morgan fingerprint density at radius 1 is 1.47 bits per heavy atom. The fraction of sp³-hybridized carbons (Fsp3) is 0.818. The Labute approximate surface area is 121 Å². The van der Waals surface area contributed by atoms with E-state index in [1.165, 1.54) is 7.11 Å². The Morgan fingerprint density at radius 3 is 2.59 bits per heavy atom. The first kappa shape index (κ1) is 18.8. The smallest absolute Gasteiger partial charge is 0.307 e. The van der Waals surface area contributed by atoms with E-state index in [1.54, 1.807) is 7.05 Å². The van der Waals surface area contributed by atoms with Crippen molar-refractivity contribution in [3.8, 4) is 0 Å². The molecular formula is C11H24IN3O2. The summed E-state index contributed by atoms with van der Waals surface area (Å²) in [4.78, 5) is 17.1. The van der Waals surface area contributed by atoms with Crippen LogP contribution in [-0.4, -0.2) is 51.1 Å². The molecule has 0 heterocycles. The summed E-state index contributed by atoms with van der Waals surface area (Å²) in [7, 11) is 5.12. The van der Waals surface area contributed by atoms with Crippen molar-refractivity contribution >= 4 is 35.9 Å². The van der Waals surface area contributed by atoms with E-state index < -0.39 is 0 Å². The Balaban J connectivity index is 0. The predicted molar refractivity (Wildman–Crippen MR) is 80.9 cm³/mol. The summed E-state index contributed by atoms with van der Waals surface area (Å²) in [6.45, 7) is 3.67. The fourth-order valence-electron chi connectivity index (χ4n) is 1.26. The third-order valence-corrected chi connectivity index (χ3v) is 2.26. The van der Waals surface area contributed by atoms with Crippen LogP contribution < -0.4 is 5.32 Å². The molecule has 0 aromatic heterocycles. The summed E-state index contributed by atoms with van der Waals surface area (Å²) >= 11 is 0. The second kappa shape index (κ2) is 11.9. The van der Waals surface area contributed by atoms with Gasteiger partial charge in [-0.05, 0) is 6.42 Å². The van der Waals surface area contributed by atoms with E-state index in [0.29, 0.717) is 13.0 Å². The second-order valence-corrected chi connectivity index (χ2v) is 3.58. The van der Waals surface area contributed by atoms with Crippen molar-refractivity contribution in [3.05, 3.63) is 0 Å². The van der Waals surface area contributed by atoms with Crippen molar-refractivity contribution in [1.82, 2.24) is 10.2 Å². The van der Waals surface area contributed by atoms with Gasteiger partial charge in [-0.25, -0.2) is 0 Å². The maximum absolute atomic E-state index is 10.9. The lowest BCUT2D eigenvalue weighted by Crippen LogP contribution is -2.40. The molecule has 17 heavy (non-hydrogen) atoms. The summed E-state index contributed by atoms with van der Waals surface area (Å²) in [6.07, 6.45) is 2.65. The number of ether oxygens (including phenoxy) is 1. The van der Waals surface area contributed by atoms with E-state index in [4.69, 9.17) is 0 Å². The van der Waals surface area contributed by atoms with Gasteiger partial charge in [-0.3, -0.25) is 9.79 Å². The number of hydrogen-bond donors (Lipinski definition) is 1. The van der Waals surface area contributed by atoms with Gasteiger partial charge >= 0.3 is 5.97 Å². The number of nitrogens with one attached hydrogen (secondary N) is 1. The number of nitrogens with zero attached hydrogens (tertiary/aromatic N) is 2. The molecule has 0 bridgehead atoms. The van der Waals surface area contributed by atoms with Crippen LogP contribution in [0.15, 0.2) is 4.99 Å². The highest BCUT2D eigenvalue weighted by molar-refractivity contribution is 14.0. The molecule has 0 aliphatic rings. The Kier molecular flexibility index (Phi) is 13.2. The first-order valence-corrected chi connectivity index (χ1v) is 5.64. The molecule has 0 aliphatic carbocycles. The Morgan fingerprint density at radius 2 is 2.12 bits per heavy atom. The van der Waals surface area contributed by atoms with Crippen LogP contribution in [0.2, 0.25) is 0 Å². The third kappa shape index (κ3) is 9.20. The van der Waals surface area contributed by atoms with Gasteiger partial charge < -0.3 is 15.0 Å². The number of carbonyl (C=O) groups excluding carboxylic acids is 1. The van der Waals surface area contributed by atoms with E-state index in [9.17, 15) is 4.79 Å². The number of aliphatic imine (C=N–C) groups is 1. The summed E-state index contributed by atoms with van der Waals surface area (Å²) in [5.41, 5.74) is 0. The van der Waals surface area contributed by atoms with Gasteiger partial charge in [-0.1, -0.05) is 13.3 Å². The van der Waals surface area contributed by atoms with Crippen LogP contribution in [0.5, 0.6) is 0 Å². The van der Waals surface area contributed by atoms with Crippen LogP contribution in [0.25, 0.3) is 0 Å². The topological polar surface area (TPSA) is 53.9 Å². The van der Waals surface area contributed by atoms with Crippen LogP contribution in [-0.2, 0) is 9.53 Å². The van der Waals surface area contributed by atoms with Crippen molar-refractivity contribution in [2.75, 3.05) is 34.3 Å². The molecule has 0 aliphatic heterocycles. The number of unbranched alkanes of at least 4 members (excludes halogenated alkanes) is 1. The lowest BCUT2D eigenvalue weighted by molar-refractivity contribution is -0.140. The van der Waals surface area contributed by atoms with Gasteiger partial charge in [0.25, 0.3) is 0 Å². The summed E-state index contributed by atoms with van der Waals surface area (Å²) in [5.74, 6) is 0.608. The lowest BCUT2D eigenvalue weighted by Gasteiger charge is -2.21. The quantitative estimate of drug-likeness (QED) is 0.339. The minimum absolute atomic E-state index is 0. The van der Waals surface area contributed by atoms with Crippen molar-refractivity contribution < 1.29 is 9.53 Å². The Hall–Kier alpha value is -0.530. The standard InChI is InChI=1S/C11H23N3O2.HI/c1-5-6-9-14(3)11(12-2)13-8-7-10(15)16-4;/h5-9H2,1-4H3,(H,12,13);1H.